The van der Waals surface area contributed by atoms with Crippen LogP contribution < -0.4 is 4.90 Å². The van der Waals surface area contributed by atoms with E-state index in [9.17, 15) is 14.7 Å². The van der Waals surface area contributed by atoms with Gasteiger partial charge in [0.05, 0.1) is 23.9 Å². The molecular formula is C27H27N3O3. The number of carbonyl (C=O) groups excluding carboxylic acids is 2. The Labute approximate surface area is 193 Å². The van der Waals surface area contributed by atoms with Crippen LogP contribution in [0.2, 0.25) is 0 Å². The number of anilines is 1. The minimum absolute atomic E-state index is 0.0952. The van der Waals surface area contributed by atoms with Crippen LogP contribution in [0.1, 0.15) is 35.3 Å². The standard InChI is InChI=1S/C27H27N3O3/c1-4-18-8-10-20(11-9-18)25(31)23-24(19-12-14-22(15-13-19)29(2)3)30(27(33)26(23)32)17-21-7-5-6-16-28-21/h5-16,24,31H,4,17H2,1-3H3/b25-23-. The second kappa shape index (κ2) is 9.28. The summed E-state index contributed by atoms with van der Waals surface area (Å²) >= 11 is 0. The number of carbonyl (C=O) groups is 2. The lowest BCUT2D eigenvalue weighted by Gasteiger charge is -2.25. The van der Waals surface area contributed by atoms with Crippen LogP contribution in [0, 0.1) is 0 Å². The number of ketones is 1. The lowest BCUT2D eigenvalue weighted by Crippen LogP contribution is -2.29. The highest BCUT2D eigenvalue weighted by molar-refractivity contribution is 6.46. The number of nitrogens with zero attached hydrogens (tertiary/aromatic N) is 3. The van der Waals surface area contributed by atoms with Crippen molar-refractivity contribution in [2.45, 2.75) is 25.9 Å². The first kappa shape index (κ1) is 22.3. The summed E-state index contributed by atoms with van der Waals surface area (Å²) in [4.78, 5) is 34.1. The predicted molar refractivity (Wildman–Crippen MR) is 129 cm³/mol. The maximum atomic E-state index is 13.2. The Hall–Kier alpha value is -3.93. The van der Waals surface area contributed by atoms with Gasteiger partial charge in [0.1, 0.15) is 5.76 Å². The smallest absolute Gasteiger partial charge is 0.296 e. The second-order valence-electron chi connectivity index (χ2n) is 8.28. The molecule has 1 fully saturated rings. The SMILES string of the molecule is CCc1ccc(/C(O)=C2/C(=O)C(=O)N(Cc3ccccn3)C2c2ccc(N(C)C)cc2)cc1. The number of aromatic nitrogens is 1. The number of rotatable bonds is 6. The molecule has 6 heteroatoms. The lowest BCUT2D eigenvalue weighted by atomic mass is 9.94. The zero-order valence-electron chi connectivity index (χ0n) is 19.0. The summed E-state index contributed by atoms with van der Waals surface area (Å²) in [7, 11) is 3.89. The van der Waals surface area contributed by atoms with Gasteiger partial charge in [0.15, 0.2) is 0 Å². The maximum absolute atomic E-state index is 13.2. The summed E-state index contributed by atoms with van der Waals surface area (Å²) in [6.07, 6.45) is 2.52. The van der Waals surface area contributed by atoms with Gasteiger partial charge in [-0.05, 0) is 41.8 Å². The minimum atomic E-state index is -0.714. The van der Waals surface area contributed by atoms with Crippen LogP contribution >= 0.6 is 0 Å². The number of benzene rings is 2. The Morgan fingerprint density at radius 1 is 1.00 bits per heavy atom. The Balaban J connectivity index is 1.83. The third-order valence-electron chi connectivity index (χ3n) is 5.96. The van der Waals surface area contributed by atoms with Crippen LogP contribution in [-0.4, -0.2) is 40.8 Å². The lowest BCUT2D eigenvalue weighted by molar-refractivity contribution is -0.140. The van der Waals surface area contributed by atoms with E-state index in [0.717, 1.165) is 23.2 Å². The quantitative estimate of drug-likeness (QED) is 0.350. The fraction of sp³-hybridized carbons (Fsp3) is 0.222. The van der Waals surface area contributed by atoms with Gasteiger partial charge in [0.25, 0.3) is 11.7 Å². The van der Waals surface area contributed by atoms with E-state index >= 15 is 0 Å². The number of likely N-dealkylation sites (tertiary alicyclic amines) is 1. The maximum Gasteiger partial charge on any atom is 0.296 e. The molecule has 0 radical (unpaired) electrons. The van der Waals surface area contributed by atoms with Gasteiger partial charge in [0.2, 0.25) is 0 Å². The van der Waals surface area contributed by atoms with E-state index in [2.05, 4.69) is 11.9 Å². The molecule has 0 bridgehead atoms. The largest absolute Gasteiger partial charge is 0.507 e. The van der Waals surface area contributed by atoms with Crippen molar-refractivity contribution < 1.29 is 14.7 Å². The molecule has 2 aromatic carbocycles. The van der Waals surface area contributed by atoms with Crippen LogP contribution in [0.5, 0.6) is 0 Å². The van der Waals surface area contributed by atoms with Crippen molar-refractivity contribution in [1.29, 1.82) is 0 Å². The van der Waals surface area contributed by atoms with Gasteiger partial charge in [-0.3, -0.25) is 14.6 Å². The van der Waals surface area contributed by atoms with E-state index in [-0.39, 0.29) is 17.9 Å². The predicted octanol–water partition coefficient (Wildman–Crippen LogP) is 4.33. The van der Waals surface area contributed by atoms with Crippen LogP contribution in [-0.2, 0) is 22.6 Å². The summed E-state index contributed by atoms with van der Waals surface area (Å²) in [5.41, 5.74) is 4.15. The van der Waals surface area contributed by atoms with E-state index in [0.29, 0.717) is 11.3 Å². The normalized spacial score (nSPS) is 17.4. The molecule has 1 saturated heterocycles. The number of aliphatic hydroxyl groups is 1. The molecule has 1 aliphatic heterocycles. The molecule has 4 rings (SSSR count). The van der Waals surface area contributed by atoms with E-state index in [1.54, 1.807) is 24.4 Å². The molecule has 1 N–H and O–H groups in total. The molecule has 0 spiro atoms. The average molecular weight is 442 g/mol. The van der Waals surface area contributed by atoms with Crippen molar-refractivity contribution in [1.82, 2.24) is 9.88 Å². The number of Topliss-reactive ketones (excluding diaryl/α,β-unsaturated/α-hetero) is 1. The molecule has 6 nitrogen and oxygen atoms in total. The van der Waals surface area contributed by atoms with Crippen molar-refractivity contribution >= 4 is 23.1 Å². The van der Waals surface area contributed by atoms with E-state index in [1.165, 1.54) is 4.90 Å². The third-order valence-corrected chi connectivity index (χ3v) is 5.96. The Bertz CT molecular complexity index is 1180. The number of hydrogen-bond acceptors (Lipinski definition) is 5. The molecule has 1 amide bonds. The monoisotopic (exact) mass is 441 g/mol. The van der Waals surface area contributed by atoms with Crippen molar-refractivity contribution in [2.75, 3.05) is 19.0 Å². The van der Waals surface area contributed by atoms with Crippen LogP contribution in [0.25, 0.3) is 5.76 Å². The van der Waals surface area contributed by atoms with E-state index < -0.39 is 17.7 Å². The molecule has 3 aromatic rings. The fourth-order valence-corrected chi connectivity index (χ4v) is 4.06. The number of hydrogen-bond donors (Lipinski definition) is 1. The first-order chi connectivity index (χ1) is 15.9. The Morgan fingerprint density at radius 2 is 1.70 bits per heavy atom. The molecule has 2 heterocycles. The zero-order chi connectivity index (χ0) is 23.5. The van der Waals surface area contributed by atoms with Gasteiger partial charge in [-0.15, -0.1) is 0 Å². The Kier molecular flexibility index (Phi) is 6.27. The van der Waals surface area contributed by atoms with Gasteiger partial charge in [-0.25, -0.2) is 0 Å². The van der Waals surface area contributed by atoms with E-state index in [4.69, 9.17) is 0 Å². The molecule has 1 atom stereocenters. The van der Waals surface area contributed by atoms with Gasteiger partial charge in [0, 0.05) is 31.5 Å². The summed E-state index contributed by atoms with van der Waals surface area (Å²) in [5, 5.41) is 11.2. The number of amides is 1. The Morgan fingerprint density at radius 3 is 2.27 bits per heavy atom. The topological polar surface area (TPSA) is 73.7 Å². The molecule has 1 aromatic heterocycles. The van der Waals surface area contributed by atoms with Crippen molar-refractivity contribution in [2.24, 2.45) is 0 Å². The van der Waals surface area contributed by atoms with Crippen molar-refractivity contribution in [3.8, 4) is 0 Å². The molecule has 33 heavy (non-hydrogen) atoms. The van der Waals surface area contributed by atoms with Gasteiger partial charge in [-0.2, -0.15) is 0 Å². The van der Waals surface area contributed by atoms with E-state index in [1.807, 2.05) is 67.5 Å². The highest BCUT2D eigenvalue weighted by Gasteiger charge is 2.46. The number of aryl methyl sites for hydroxylation is 1. The summed E-state index contributed by atoms with van der Waals surface area (Å²) in [6.45, 7) is 2.21. The highest BCUT2D eigenvalue weighted by atomic mass is 16.3. The molecule has 168 valence electrons. The highest BCUT2D eigenvalue weighted by Crippen LogP contribution is 2.40. The molecule has 0 saturated carbocycles. The molecule has 1 aliphatic rings. The van der Waals surface area contributed by atoms with Gasteiger partial charge in [-0.1, -0.05) is 49.4 Å². The molecule has 0 aliphatic carbocycles. The summed E-state index contributed by atoms with van der Waals surface area (Å²) in [5.74, 6) is -1.50. The van der Waals surface area contributed by atoms with Crippen LogP contribution in [0.15, 0.2) is 78.5 Å². The number of aliphatic hydroxyl groups excluding tert-OH is 1. The van der Waals surface area contributed by atoms with Gasteiger partial charge < -0.3 is 14.9 Å². The third kappa shape index (κ3) is 4.37. The summed E-state index contributed by atoms with van der Waals surface area (Å²) < 4.78 is 0. The number of pyridine rings is 1. The molecular weight excluding hydrogens is 414 g/mol. The first-order valence-electron chi connectivity index (χ1n) is 11.0. The summed E-state index contributed by atoms with van der Waals surface area (Å²) in [6, 6.07) is 19.8. The van der Waals surface area contributed by atoms with Gasteiger partial charge >= 0.3 is 0 Å². The first-order valence-corrected chi connectivity index (χ1v) is 11.0. The average Bonchev–Trinajstić information content (AvgIpc) is 3.09. The van der Waals surface area contributed by atoms with Crippen molar-refractivity contribution in [3.63, 3.8) is 0 Å². The minimum Gasteiger partial charge on any atom is -0.507 e. The second-order valence-corrected chi connectivity index (χ2v) is 8.28. The zero-order valence-corrected chi connectivity index (χ0v) is 19.0. The molecule has 1 unspecified atom stereocenters. The van der Waals surface area contributed by atoms with Crippen molar-refractivity contribution in [3.05, 3.63) is 101 Å². The van der Waals surface area contributed by atoms with Crippen LogP contribution in [0.3, 0.4) is 0 Å². The fourth-order valence-electron chi connectivity index (χ4n) is 4.06. The van der Waals surface area contributed by atoms with Crippen LogP contribution in [0.4, 0.5) is 5.69 Å².